The fraction of sp³-hybridized carbons (Fsp3) is 0. The van der Waals surface area contributed by atoms with Gasteiger partial charge in [0.25, 0.3) is 5.89 Å². The van der Waals surface area contributed by atoms with E-state index < -0.39 is 5.24 Å². The van der Waals surface area contributed by atoms with Crippen molar-refractivity contribution in [2.45, 2.75) is 0 Å². The Balaban J connectivity index is 2.75. The zero-order chi connectivity index (χ0) is 9.42. The van der Waals surface area contributed by atoms with E-state index in [0.717, 1.165) is 3.57 Å². The van der Waals surface area contributed by atoms with E-state index in [0.29, 0.717) is 11.1 Å². The van der Waals surface area contributed by atoms with Gasteiger partial charge in [-0.2, -0.15) is 0 Å². The summed E-state index contributed by atoms with van der Waals surface area (Å²) in [4.78, 5) is 14.7. The third kappa shape index (κ3) is 1.55. The molecule has 5 heteroatoms. The van der Waals surface area contributed by atoms with Crippen LogP contribution >= 0.6 is 34.2 Å². The second-order valence-corrected chi connectivity index (χ2v) is 3.88. The highest BCUT2D eigenvalue weighted by Gasteiger charge is 2.12. The number of hydrogen-bond acceptors (Lipinski definition) is 3. The molecule has 0 saturated heterocycles. The molecule has 0 aliphatic heterocycles. The van der Waals surface area contributed by atoms with Crippen molar-refractivity contribution in [3.63, 3.8) is 0 Å². The molecule has 0 amide bonds. The summed E-state index contributed by atoms with van der Waals surface area (Å²) >= 11 is 7.35. The first-order valence-corrected chi connectivity index (χ1v) is 4.89. The van der Waals surface area contributed by atoms with E-state index in [1.54, 1.807) is 6.07 Å². The lowest BCUT2D eigenvalue weighted by atomic mass is 10.3. The van der Waals surface area contributed by atoms with E-state index in [1.165, 1.54) is 0 Å². The van der Waals surface area contributed by atoms with Gasteiger partial charge in [-0.1, -0.05) is 6.07 Å². The summed E-state index contributed by atoms with van der Waals surface area (Å²) in [7, 11) is 0. The molecule has 0 fully saturated rings. The van der Waals surface area contributed by atoms with Crippen molar-refractivity contribution in [2.24, 2.45) is 0 Å². The zero-order valence-electron chi connectivity index (χ0n) is 6.25. The number of aromatic nitrogens is 1. The molecule has 0 aliphatic carbocycles. The Kier molecular flexibility index (Phi) is 2.25. The van der Waals surface area contributed by atoms with Crippen LogP contribution in [0.2, 0.25) is 0 Å². The number of halogens is 2. The number of carbonyl (C=O) groups is 1. The van der Waals surface area contributed by atoms with Crippen LogP contribution in [0.25, 0.3) is 11.1 Å². The standard InChI is InChI=1S/C8H3ClINO2/c9-7(12)8-11-6-4(10)2-1-3-5(6)13-8/h1-3H. The Morgan fingerprint density at radius 2 is 2.31 bits per heavy atom. The summed E-state index contributed by atoms with van der Waals surface area (Å²) in [6.07, 6.45) is 0. The Labute approximate surface area is 92.2 Å². The van der Waals surface area contributed by atoms with Gasteiger partial charge in [0.2, 0.25) is 0 Å². The molecule has 66 valence electrons. The highest BCUT2D eigenvalue weighted by atomic mass is 127. The van der Waals surface area contributed by atoms with Crippen molar-refractivity contribution in [3.8, 4) is 0 Å². The van der Waals surface area contributed by atoms with E-state index >= 15 is 0 Å². The summed E-state index contributed by atoms with van der Waals surface area (Å²) in [6.45, 7) is 0. The van der Waals surface area contributed by atoms with Gasteiger partial charge in [-0.25, -0.2) is 4.98 Å². The fourth-order valence-corrected chi connectivity index (χ4v) is 1.67. The molecule has 0 unspecified atom stereocenters. The number of rotatable bonds is 1. The summed E-state index contributed by atoms with van der Waals surface area (Å²) in [6, 6.07) is 5.46. The molecule has 0 atom stereocenters. The molecule has 1 aromatic heterocycles. The van der Waals surface area contributed by atoms with Gasteiger partial charge in [0, 0.05) is 3.57 Å². The SMILES string of the molecule is O=C(Cl)c1nc2c(I)cccc2o1. The van der Waals surface area contributed by atoms with Gasteiger partial charge >= 0.3 is 5.24 Å². The minimum absolute atomic E-state index is 0.0548. The maximum Gasteiger partial charge on any atom is 0.307 e. The number of carbonyl (C=O) groups excluding carboxylic acids is 1. The van der Waals surface area contributed by atoms with Crippen molar-refractivity contribution in [3.05, 3.63) is 27.7 Å². The van der Waals surface area contributed by atoms with Gasteiger partial charge < -0.3 is 4.42 Å². The van der Waals surface area contributed by atoms with Crippen molar-refractivity contribution in [1.82, 2.24) is 4.98 Å². The smallest absolute Gasteiger partial charge is 0.307 e. The molecule has 2 rings (SSSR count). The summed E-state index contributed by atoms with van der Waals surface area (Å²) < 4.78 is 6.05. The highest BCUT2D eigenvalue weighted by molar-refractivity contribution is 14.1. The lowest BCUT2D eigenvalue weighted by Gasteiger charge is -1.86. The van der Waals surface area contributed by atoms with Crippen LogP contribution in [0.3, 0.4) is 0 Å². The highest BCUT2D eigenvalue weighted by Crippen LogP contribution is 2.21. The minimum atomic E-state index is -0.674. The van der Waals surface area contributed by atoms with Crippen molar-refractivity contribution in [2.75, 3.05) is 0 Å². The van der Waals surface area contributed by atoms with Gasteiger partial charge in [-0.3, -0.25) is 4.79 Å². The topological polar surface area (TPSA) is 43.1 Å². The number of hydrogen-bond donors (Lipinski definition) is 0. The summed E-state index contributed by atoms with van der Waals surface area (Å²) in [5.74, 6) is -0.0548. The second kappa shape index (κ2) is 3.26. The third-order valence-electron chi connectivity index (χ3n) is 1.54. The molecule has 2 aromatic rings. The van der Waals surface area contributed by atoms with Crippen LogP contribution in [0.4, 0.5) is 0 Å². The largest absolute Gasteiger partial charge is 0.433 e. The third-order valence-corrected chi connectivity index (χ3v) is 2.57. The summed E-state index contributed by atoms with van der Waals surface area (Å²) in [5.41, 5.74) is 1.25. The van der Waals surface area contributed by atoms with E-state index in [9.17, 15) is 4.79 Å². The van der Waals surface area contributed by atoms with E-state index in [2.05, 4.69) is 27.6 Å². The van der Waals surface area contributed by atoms with Crippen LogP contribution in [0.5, 0.6) is 0 Å². The Bertz CT molecular complexity index is 480. The molecule has 13 heavy (non-hydrogen) atoms. The first-order valence-electron chi connectivity index (χ1n) is 3.43. The van der Waals surface area contributed by atoms with E-state index in [4.69, 9.17) is 16.0 Å². The Morgan fingerprint density at radius 3 is 2.92 bits per heavy atom. The minimum Gasteiger partial charge on any atom is -0.433 e. The molecule has 3 nitrogen and oxygen atoms in total. The maximum atomic E-state index is 10.7. The van der Waals surface area contributed by atoms with Gasteiger partial charge in [0.1, 0.15) is 5.52 Å². The van der Waals surface area contributed by atoms with Crippen molar-refractivity contribution >= 4 is 50.5 Å². The Morgan fingerprint density at radius 1 is 1.54 bits per heavy atom. The van der Waals surface area contributed by atoms with Crippen LogP contribution in [0.15, 0.2) is 22.6 Å². The maximum absolute atomic E-state index is 10.7. The quantitative estimate of drug-likeness (QED) is 0.601. The molecule has 0 aliphatic rings. The van der Waals surface area contributed by atoms with Gasteiger partial charge in [0.15, 0.2) is 5.58 Å². The van der Waals surface area contributed by atoms with Crippen molar-refractivity contribution in [1.29, 1.82) is 0 Å². The number of nitrogens with zero attached hydrogens (tertiary/aromatic N) is 1. The predicted molar refractivity (Wildman–Crippen MR) is 56.9 cm³/mol. The van der Waals surface area contributed by atoms with Crippen molar-refractivity contribution < 1.29 is 9.21 Å². The predicted octanol–water partition coefficient (Wildman–Crippen LogP) is 2.81. The molecular weight excluding hydrogens is 304 g/mol. The molecule has 1 heterocycles. The van der Waals surface area contributed by atoms with Gasteiger partial charge in [-0.05, 0) is 46.3 Å². The second-order valence-electron chi connectivity index (χ2n) is 2.38. The number of fused-ring (bicyclic) bond motifs is 1. The average molecular weight is 307 g/mol. The molecule has 0 radical (unpaired) electrons. The van der Waals surface area contributed by atoms with Gasteiger partial charge in [0.05, 0.1) is 0 Å². The summed E-state index contributed by atoms with van der Waals surface area (Å²) in [5, 5.41) is -0.674. The fourth-order valence-electron chi connectivity index (χ4n) is 0.999. The van der Waals surface area contributed by atoms with Crippen LogP contribution in [-0.2, 0) is 0 Å². The lowest BCUT2D eigenvalue weighted by Crippen LogP contribution is -1.86. The van der Waals surface area contributed by atoms with E-state index in [1.807, 2.05) is 12.1 Å². The molecule has 0 bridgehead atoms. The first-order chi connectivity index (χ1) is 6.18. The molecule has 0 spiro atoms. The zero-order valence-corrected chi connectivity index (χ0v) is 9.17. The van der Waals surface area contributed by atoms with E-state index in [-0.39, 0.29) is 5.89 Å². The van der Waals surface area contributed by atoms with Gasteiger partial charge in [-0.15, -0.1) is 0 Å². The molecule has 1 aromatic carbocycles. The van der Waals surface area contributed by atoms with Crippen LogP contribution < -0.4 is 0 Å². The number of benzene rings is 1. The number of para-hydroxylation sites is 1. The molecular formula is C8H3ClINO2. The monoisotopic (exact) mass is 307 g/mol. The number of oxazole rings is 1. The molecule has 0 N–H and O–H groups in total. The normalized spacial score (nSPS) is 10.6. The molecule has 0 saturated carbocycles. The van der Waals surface area contributed by atoms with Crippen LogP contribution in [-0.4, -0.2) is 10.2 Å². The lowest BCUT2D eigenvalue weighted by molar-refractivity contribution is 0.105. The van der Waals surface area contributed by atoms with Crippen LogP contribution in [0.1, 0.15) is 10.7 Å². The average Bonchev–Trinajstić information content (AvgIpc) is 2.49. The van der Waals surface area contributed by atoms with Crippen LogP contribution in [0, 0.1) is 3.57 Å². The Hall–Kier alpha value is -0.620. The first kappa shape index (κ1) is 8.96.